The van der Waals surface area contributed by atoms with E-state index < -0.39 is 23.7 Å². The van der Waals surface area contributed by atoms with Gasteiger partial charge in [0.25, 0.3) is 11.6 Å². The fraction of sp³-hybridized carbons (Fsp3) is 0.500. The molecule has 7 heteroatoms. The molecule has 1 saturated carbocycles. The molecule has 23 heavy (non-hydrogen) atoms. The first-order valence-corrected chi connectivity index (χ1v) is 7.53. The summed E-state index contributed by atoms with van der Waals surface area (Å²) in [5.41, 5.74) is -2.04. The molecule has 1 N–H and O–H groups in total. The highest BCUT2D eigenvalue weighted by molar-refractivity contribution is 5.99. The molecule has 0 radical (unpaired) electrons. The smallest absolute Gasteiger partial charge is 0.362 e. The van der Waals surface area contributed by atoms with E-state index in [1.807, 2.05) is 6.92 Å². The van der Waals surface area contributed by atoms with E-state index in [9.17, 15) is 23.1 Å². The molecule has 124 valence electrons. The SMILES string of the molecule is Cc1ccc(C(=O)N2N=C3CCCC[C@H]3[C@@]2(O)C(F)(F)F)cc1. The van der Waals surface area contributed by atoms with Crippen LogP contribution in [0.3, 0.4) is 0 Å². The lowest BCUT2D eigenvalue weighted by Gasteiger charge is -2.38. The maximum absolute atomic E-state index is 13.6. The van der Waals surface area contributed by atoms with Crippen molar-refractivity contribution in [3.05, 3.63) is 35.4 Å². The topological polar surface area (TPSA) is 52.9 Å². The highest BCUT2D eigenvalue weighted by Crippen LogP contribution is 2.48. The average molecular weight is 326 g/mol. The first-order chi connectivity index (χ1) is 10.7. The molecule has 3 rings (SSSR count). The zero-order valence-electron chi connectivity index (χ0n) is 12.6. The second-order valence-electron chi connectivity index (χ2n) is 6.10. The van der Waals surface area contributed by atoms with Gasteiger partial charge < -0.3 is 5.11 Å². The predicted molar refractivity (Wildman–Crippen MR) is 77.7 cm³/mol. The van der Waals surface area contributed by atoms with Gasteiger partial charge in [-0.2, -0.15) is 23.3 Å². The van der Waals surface area contributed by atoms with Crippen molar-refractivity contribution in [3.8, 4) is 0 Å². The zero-order valence-corrected chi connectivity index (χ0v) is 12.6. The fourth-order valence-electron chi connectivity index (χ4n) is 3.24. The number of aliphatic hydroxyl groups is 1. The van der Waals surface area contributed by atoms with Crippen molar-refractivity contribution in [1.82, 2.24) is 5.01 Å². The van der Waals surface area contributed by atoms with Gasteiger partial charge in [-0.1, -0.05) is 24.1 Å². The van der Waals surface area contributed by atoms with E-state index in [0.717, 1.165) is 12.0 Å². The van der Waals surface area contributed by atoms with Crippen molar-refractivity contribution in [3.63, 3.8) is 0 Å². The minimum absolute atomic E-state index is 0.0706. The summed E-state index contributed by atoms with van der Waals surface area (Å²) in [6.45, 7) is 1.81. The third kappa shape index (κ3) is 2.43. The molecule has 2 aliphatic rings. The van der Waals surface area contributed by atoms with E-state index in [1.54, 1.807) is 12.1 Å². The Labute approximate surface area is 131 Å². The Balaban J connectivity index is 2.03. The van der Waals surface area contributed by atoms with Crippen LogP contribution in [0.5, 0.6) is 0 Å². The van der Waals surface area contributed by atoms with Gasteiger partial charge in [0, 0.05) is 11.3 Å². The Morgan fingerprint density at radius 1 is 1.30 bits per heavy atom. The van der Waals surface area contributed by atoms with E-state index in [2.05, 4.69) is 5.10 Å². The molecular weight excluding hydrogens is 309 g/mol. The lowest BCUT2D eigenvalue weighted by atomic mass is 9.80. The minimum atomic E-state index is -4.97. The zero-order chi connectivity index (χ0) is 16.8. The van der Waals surface area contributed by atoms with E-state index in [4.69, 9.17) is 0 Å². The maximum Gasteiger partial charge on any atom is 0.439 e. The molecule has 2 atom stereocenters. The van der Waals surface area contributed by atoms with Gasteiger partial charge in [-0.15, -0.1) is 0 Å². The van der Waals surface area contributed by atoms with Crippen LogP contribution in [0.1, 0.15) is 41.6 Å². The quantitative estimate of drug-likeness (QED) is 0.861. The molecule has 0 spiro atoms. The highest BCUT2D eigenvalue weighted by Gasteiger charge is 2.68. The molecule has 1 aromatic rings. The Kier molecular flexibility index (Phi) is 3.71. The van der Waals surface area contributed by atoms with Gasteiger partial charge in [-0.3, -0.25) is 4.79 Å². The normalized spacial score (nSPS) is 27.6. The van der Waals surface area contributed by atoms with Crippen LogP contribution in [-0.2, 0) is 0 Å². The van der Waals surface area contributed by atoms with Crippen LogP contribution in [0, 0.1) is 12.8 Å². The standard InChI is InChI=1S/C16H17F3N2O2/c1-10-6-8-11(9-7-10)14(22)21-15(23,16(17,18)19)12-4-2-3-5-13(12)20-21/h6-9,12,23H,2-5H2,1H3/t12-,15-/m1/s1. The third-order valence-corrected chi connectivity index (χ3v) is 4.52. The van der Waals surface area contributed by atoms with Crippen molar-refractivity contribution < 1.29 is 23.1 Å². The summed E-state index contributed by atoms with van der Waals surface area (Å²) >= 11 is 0. The van der Waals surface area contributed by atoms with Gasteiger partial charge in [0.15, 0.2) is 0 Å². The molecule has 1 amide bonds. The number of halogens is 3. The lowest BCUT2D eigenvalue weighted by molar-refractivity contribution is -0.312. The van der Waals surface area contributed by atoms with Gasteiger partial charge in [-0.05, 0) is 38.3 Å². The summed E-state index contributed by atoms with van der Waals surface area (Å²) < 4.78 is 40.8. The first kappa shape index (κ1) is 16.0. The Bertz CT molecular complexity index is 654. The monoisotopic (exact) mass is 326 g/mol. The third-order valence-electron chi connectivity index (χ3n) is 4.52. The van der Waals surface area contributed by atoms with Gasteiger partial charge >= 0.3 is 6.18 Å². The van der Waals surface area contributed by atoms with Gasteiger partial charge in [0.05, 0.1) is 5.92 Å². The highest BCUT2D eigenvalue weighted by atomic mass is 19.4. The van der Waals surface area contributed by atoms with Gasteiger partial charge in [-0.25, -0.2) is 0 Å². The Morgan fingerprint density at radius 2 is 1.96 bits per heavy atom. The number of alkyl halides is 3. The number of hydrazone groups is 1. The van der Waals surface area contributed by atoms with E-state index in [1.165, 1.54) is 12.1 Å². The van der Waals surface area contributed by atoms with Crippen LogP contribution in [0.25, 0.3) is 0 Å². The number of carbonyl (C=O) groups excluding carboxylic acids is 1. The van der Waals surface area contributed by atoms with Crippen molar-refractivity contribution in [2.75, 3.05) is 0 Å². The molecule has 1 aliphatic heterocycles. The van der Waals surface area contributed by atoms with Crippen LogP contribution >= 0.6 is 0 Å². The fourth-order valence-corrected chi connectivity index (χ4v) is 3.24. The molecule has 4 nitrogen and oxygen atoms in total. The van der Waals surface area contributed by atoms with Crippen molar-refractivity contribution in [1.29, 1.82) is 0 Å². The number of aryl methyl sites for hydroxylation is 1. The van der Waals surface area contributed by atoms with Gasteiger partial charge in [0.2, 0.25) is 0 Å². The lowest BCUT2D eigenvalue weighted by Crippen LogP contribution is -2.61. The van der Waals surface area contributed by atoms with Crippen LogP contribution in [0.2, 0.25) is 0 Å². The van der Waals surface area contributed by atoms with Crippen LogP contribution in [-0.4, -0.2) is 33.6 Å². The number of hydrogen-bond acceptors (Lipinski definition) is 3. The number of nitrogens with zero attached hydrogens (tertiary/aromatic N) is 2. The van der Waals surface area contributed by atoms with E-state index >= 15 is 0 Å². The summed E-state index contributed by atoms with van der Waals surface area (Å²) in [4.78, 5) is 12.5. The average Bonchev–Trinajstić information content (AvgIpc) is 2.82. The summed E-state index contributed by atoms with van der Waals surface area (Å²) in [5.74, 6) is -2.11. The van der Waals surface area contributed by atoms with Crippen LogP contribution in [0.15, 0.2) is 29.4 Å². The number of fused-ring (bicyclic) bond motifs is 1. The van der Waals surface area contributed by atoms with E-state index in [0.29, 0.717) is 12.8 Å². The summed E-state index contributed by atoms with van der Waals surface area (Å²) in [6.07, 6.45) is -3.13. The molecular formula is C16H17F3N2O2. The molecule has 0 saturated heterocycles. The largest absolute Gasteiger partial charge is 0.439 e. The van der Waals surface area contributed by atoms with E-state index in [-0.39, 0.29) is 22.7 Å². The summed E-state index contributed by atoms with van der Waals surface area (Å²) in [5, 5.41) is 14.5. The van der Waals surface area contributed by atoms with Gasteiger partial charge in [0.1, 0.15) is 0 Å². The molecule has 0 bridgehead atoms. The Morgan fingerprint density at radius 3 is 2.57 bits per heavy atom. The molecule has 1 fully saturated rings. The van der Waals surface area contributed by atoms with Crippen molar-refractivity contribution in [2.45, 2.75) is 44.5 Å². The number of carbonyl (C=O) groups is 1. The van der Waals surface area contributed by atoms with Crippen LogP contribution in [0.4, 0.5) is 13.2 Å². The predicted octanol–water partition coefficient (Wildman–Crippen LogP) is 3.25. The van der Waals surface area contributed by atoms with Crippen molar-refractivity contribution in [2.24, 2.45) is 11.0 Å². The number of amides is 1. The summed E-state index contributed by atoms with van der Waals surface area (Å²) in [6, 6.07) is 6.15. The van der Waals surface area contributed by atoms with Crippen LogP contribution < -0.4 is 0 Å². The molecule has 1 aliphatic carbocycles. The second-order valence-corrected chi connectivity index (χ2v) is 6.10. The number of rotatable bonds is 1. The van der Waals surface area contributed by atoms with Crippen molar-refractivity contribution >= 4 is 11.6 Å². The first-order valence-electron chi connectivity index (χ1n) is 7.53. The summed E-state index contributed by atoms with van der Waals surface area (Å²) in [7, 11) is 0. The second kappa shape index (κ2) is 5.33. The minimum Gasteiger partial charge on any atom is -0.362 e. The number of benzene rings is 1. The molecule has 1 aromatic carbocycles. The number of hydrogen-bond donors (Lipinski definition) is 1. The molecule has 1 heterocycles. The maximum atomic E-state index is 13.6. The molecule has 0 aromatic heterocycles. The molecule has 0 unspecified atom stereocenters. The Hall–Kier alpha value is -1.89.